The highest BCUT2D eigenvalue weighted by Crippen LogP contribution is 2.27. The van der Waals surface area contributed by atoms with Crippen LogP contribution in [0.5, 0.6) is 5.75 Å². The predicted octanol–water partition coefficient (Wildman–Crippen LogP) is 4.72. The maximum atomic E-state index is 12.3. The summed E-state index contributed by atoms with van der Waals surface area (Å²) in [7, 11) is 1.66. The molecule has 1 aromatic heterocycles. The summed E-state index contributed by atoms with van der Waals surface area (Å²) in [5.74, 6) is 2.74. The number of unbranched alkanes of at least 4 members (excludes halogenated alkanes) is 1. The smallest absolute Gasteiger partial charge is 0.222 e. The maximum Gasteiger partial charge on any atom is 0.222 e. The highest BCUT2D eigenvalue weighted by Gasteiger charge is 2.19. The van der Waals surface area contributed by atoms with Gasteiger partial charge in [0, 0.05) is 50.7 Å². The second-order valence-corrected chi connectivity index (χ2v) is 10.5. The summed E-state index contributed by atoms with van der Waals surface area (Å²) in [5, 5.41) is 12.8. The molecule has 2 amide bonds. The molecule has 4 rings (SSSR count). The fourth-order valence-corrected chi connectivity index (χ4v) is 5.42. The van der Waals surface area contributed by atoms with E-state index < -0.39 is 0 Å². The average Bonchev–Trinajstić information content (AvgIpc) is 3.54. The van der Waals surface area contributed by atoms with E-state index in [9.17, 15) is 9.59 Å². The molecule has 1 fully saturated rings. The summed E-state index contributed by atoms with van der Waals surface area (Å²) < 4.78 is 7.55. The third kappa shape index (κ3) is 7.84. The van der Waals surface area contributed by atoms with E-state index in [0.717, 1.165) is 73.4 Å². The fourth-order valence-electron chi connectivity index (χ4n) is 4.49. The molecule has 1 aliphatic heterocycles. The van der Waals surface area contributed by atoms with Gasteiger partial charge in [0.25, 0.3) is 0 Å². The lowest BCUT2D eigenvalue weighted by molar-refractivity contribution is -0.127. The van der Waals surface area contributed by atoms with Crippen molar-refractivity contribution in [1.29, 1.82) is 0 Å². The van der Waals surface area contributed by atoms with Gasteiger partial charge in [-0.1, -0.05) is 47.7 Å². The van der Waals surface area contributed by atoms with Crippen LogP contribution in [0.4, 0.5) is 0 Å². The Hall–Kier alpha value is -3.33. The van der Waals surface area contributed by atoms with Gasteiger partial charge in [0.05, 0.1) is 12.8 Å². The minimum absolute atomic E-state index is 0.0568. The van der Waals surface area contributed by atoms with Gasteiger partial charge in [0.2, 0.25) is 11.8 Å². The lowest BCUT2D eigenvalue weighted by Gasteiger charge is -2.15. The number of hydrogen-bond donors (Lipinski definition) is 1. The molecule has 38 heavy (non-hydrogen) atoms. The summed E-state index contributed by atoms with van der Waals surface area (Å²) in [6.07, 6.45) is 5.21. The molecular formula is C29H37N5O3S. The molecule has 0 radical (unpaired) electrons. The zero-order valence-electron chi connectivity index (χ0n) is 22.3. The quantitative estimate of drug-likeness (QED) is 0.237. The van der Waals surface area contributed by atoms with Crippen LogP contribution in [0.25, 0.3) is 5.69 Å². The first-order valence-electron chi connectivity index (χ1n) is 13.3. The molecular weight excluding hydrogens is 498 g/mol. The summed E-state index contributed by atoms with van der Waals surface area (Å²) >= 11 is 1.66. The lowest BCUT2D eigenvalue weighted by atomic mass is 10.1. The zero-order valence-corrected chi connectivity index (χ0v) is 23.1. The molecule has 0 unspecified atom stereocenters. The third-order valence-electron chi connectivity index (χ3n) is 6.65. The molecule has 0 saturated carbocycles. The van der Waals surface area contributed by atoms with Crippen LogP contribution in [0.2, 0.25) is 0 Å². The van der Waals surface area contributed by atoms with Gasteiger partial charge >= 0.3 is 0 Å². The van der Waals surface area contributed by atoms with E-state index in [1.807, 2.05) is 29.2 Å². The van der Waals surface area contributed by atoms with Crippen LogP contribution in [0.15, 0.2) is 53.7 Å². The first-order valence-corrected chi connectivity index (χ1v) is 14.3. The Labute approximate surface area is 229 Å². The number of nitrogens with one attached hydrogen (secondary N) is 1. The molecule has 1 N–H and O–H groups in total. The number of carbonyl (C=O) groups is 2. The minimum atomic E-state index is 0.0568. The molecule has 2 aromatic carbocycles. The van der Waals surface area contributed by atoms with Crippen molar-refractivity contribution in [3.8, 4) is 11.4 Å². The normalized spacial score (nSPS) is 13.2. The average molecular weight is 536 g/mol. The SMILES string of the molecule is COc1cccc(-n2c(CCCCC(=O)NCCCN3CCCC3=O)nnc2SCc2ccc(C)cc2)c1. The minimum Gasteiger partial charge on any atom is -0.497 e. The summed E-state index contributed by atoms with van der Waals surface area (Å²) in [5.41, 5.74) is 3.44. The number of amides is 2. The van der Waals surface area contributed by atoms with Crippen molar-refractivity contribution >= 4 is 23.6 Å². The molecule has 202 valence electrons. The van der Waals surface area contributed by atoms with E-state index in [0.29, 0.717) is 19.4 Å². The second kappa shape index (κ2) is 14.0. The molecule has 0 atom stereocenters. The largest absolute Gasteiger partial charge is 0.497 e. The summed E-state index contributed by atoms with van der Waals surface area (Å²) in [6.45, 7) is 4.27. The molecule has 0 spiro atoms. The number of carbonyl (C=O) groups excluding carboxylic acids is 2. The zero-order chi connectivity index (χ0) is 26.7. The van der Waals surface area contributed by atoms with Crippen LogP contribution < -0.4 is 10.1 Å². The van der Waals surface area contributed by atoms with Gasteiger partial charge in [0.1, 0.15) is 11.6 Å². The number of ether oxygens (including phenoxy) is 1. The van der Waals surface area contributed by atoms with Gasteiger partial charge < -0.3 is 15.0 Å². The van der Waals surface area contributed by atoms with E-state index in [1.165, 1.54) is 11.1 Å². The molecule has 0 aliphatic carbocycles. The second-order valence-electron chi connectivity index (χ2n) is 9.60. The van der Waals surface area contributed by atoms with Crippen molar-refractivity contribution in [2.24, 2.45) is 0 Å². The van der Waals surface area contributed by atoms with Crippen LogP contribution in [0.1, 0.15) is 55.5 Å². The molecule has 8 nitrogen and oxygen atoms in total. The molecule has 3 aromatic rings. The predicted molar refractivity (Wildman–Crippen MR) is 150 cm³/mol. The number of aryl methyl sites for hydroxylation is 2. The first-order chi connectivity index (χ1) is 18.5. The number of thioether (sulfide) groups is 1. The van der Waals surface area contributed by atoms with E-state index >= 15 is 0 Å². The Kier molecular flexibility index (Phi) is 10.2. The van der Waals surface area contributed by atoms with Crippen molar-refractivity contribution in [1.82, 2.24) is 25.0 Å². The van der Waals surface area contributed by atoms with E-state index in [4.69, 9.17) is 4.74 Å². The third-order valence-corrected chi connectivity index (χ3v) is 7.65. The molecule has 2 heterocycles. The maximum absolute atomic E-state index is 12.3. The van der Waals surface area contributed by atoms with Crippen LogP contribution >= 0.6 is 11.8 Å². The lowest BCUT2D eigenvalue weighted by Crippen LogP contribution is -2.30. The number of benzene rings is 2. The van der Waals surface area contributed by atoms with Crippen molar-refractivity contribution in [3.63, 3.8) is 0 Å². The van der Waals surface area contributed by atoms with Gasteiger partial charge in [-0.3, -0.25) is 14.2 Å². The van der Waals surface area contributed by atoms with Gasteiger partial charge in [-0.25, -0.2) is 0 Å². The summed E-state index contributed by atoms with van der Waals surface area (Å²) in [4.78, 5) is 25.8. The van der Waals surface area contributed by atoms with Crippen molar-refractivity contribution < 1.29 is 14.3 Å². The molecule has 9 heteroatoms. The Morgan fingerprint density at radius 3 is 2.71 bits per heavy atom. The van der Waals surface area contributed by atoms with Crippen molar-refractivity contribution in [2.45, 2.75) is 62.8 Å². The Bertz CT molecular complexity index is 1210. The highest BCUT2D eigenvalue weighted by atomic mass is 32.2. The monoisotopic (exact) mass is 535 g/mol. The molecule has 1 saturated heterocycles. The molecule has 0 bridgehead atoms. The highest BCUT2D eigenvalue weighted by molar-refractivity contribution is 7.98. The molecule has 1 aliphatic rings. The van der Waals surface area contributed by atoms with Gasteiger partial charge in [-0.15, -0.1) is 10.2 Å². The van der Waals surface area contributed by atoms with Gasteiger partial charge in [-0.05, 0) is 50.3 Å². The number of methoxy groups -OCH3 is 1. The van der Waals surface area contributed by atoms with Crippen LogP contribution in [0.3, 0.4) is 0 Å². The van der Waals surface area contributed by atoms with Crippen LogP contribution in [0, 0.1) is 6.92 Å². The van der Waals surface area contributed by atoms with Crippen LogP contribution in [-0.2, 0) is 21.8 Å². The van der Waals surface area contributed by atoms with E-state index in [-0.39, 0.29) is 11.8 Å². The number of nitrogens with zero attached hydrogens (tertiary/aromatic N) is 4. The van der Waals surface area contributed by atoms with Gasteiger partial charge in [0.15, 0.2) is 5.16 Å². The van der Waals surface area contributed by atoms with Crippen LogP contribution in [-0.4, -0.2) is 58.2 Å². The van der Waals surface area contributed by atoms with E-state index in [1.54, 1.807) is 18.9 Å². The number of rotatable bonds is 14. The number of aromatic nitrogens is 3. The topological polar surface area (TPSA) is 89.4 Å². The number of hydrogen-bond acceptors (Lipinski definition) is 6. The Balaban J connectivity index is 1.30. The van der Waals surface area contributed by atoms with Crippen molar-refractivity contribution in [3.05, 3.63) is 65.5 Å². The fraction of sp³-hybridized carbons (Fsp3) is 0.448. The van der Waals surface area contributed by atoms with Gasteiger partial charge in [-0.2, -0.15) is 0 Å². The standard InChI is InChI=1S/C29H37N5O3S/c1-22-13-15-23(16-14-22)21-38-29-32-31-26(34(29)24-8-5-9-25(20-24)37-2)10-3-4-11-27(35)30-17-7-19-33-18-6-12-28(33)36/h5,8-9,13-16,20H,3-4,6-7,10-12,17-19,21H2,1-2H3,(H,30,35). The van der Waals surface area contributed by atoms with Crippen molar-refractivity contribution in [2.75, 3.05) is 26.7 Å². The summed E-state index contributed by atoms with van der Waals surface area (Å²) in [6, 6.07) is 16.5. The van der Waals surface area contributed by atoms with E-state index in [2.05, 4.69) is 51.3 Å². The number of likely N-dealkylation sites (tertiary alicyclic amines) is 1. The first kappa shape index (κ1) is 27.7. The Morgan fingerprint density at radius 2 is 1.95 bits per heavy atom. The Morgan fingerprint density at radius 1 is 1.11 bits per heavy atom.